The second-order valence-corrected chi connectivity index (χ2v) is 6.12. The molecule has 1 aromatic carbocycles. The molecule has 0 spiro atoms. The van der Waals surface area contributed by atoms with Gasteiger partial charge in [-0.15, -0.1) is 11.3 Å². The maximum atomic E-state index is 12.0. The van der Waals surface area contributed by atoms with Gasteiger partial charge in [-0.05, 0) is 36.9 Å². The quantitative estimate of drug-likeness (QED) is 0.747. The zero-order chi connectivity index (χ0) is 15.4. The van der Waals surface area contributed by atoms with Crippen molar-refractivity contribution in [3.8, 4) is 11.3 Å². The van der Waals surface area contributed by atoms with E-state index in [-0.39, 0.29) is 5.91 Å². The van der Waals surface area contributed by atoms with Crippen LogP contribution in [-0.4, -0.2) is 15.9 Å². The number of carbonyl (C=O) groups is 1. The summed E-state index contributed by atoms with van der Waals surface area (Å²) in [4.78, 5) is 20.7. The van der Waals surface area contributed by atoms with Crippen molar-refractivity contribution < 1.29 is 4.79 Å². The first kappa shape index (κ1) is 14.5. The highest BCUT2D eigenvalue weighted by atomic mass is 32.1. The largest absolute Gasteiger partial charge is 0.342 e. The molecule has 0 aliphatic heterocycles. The predicted octanol–water partition coefficient (Wildman–Crippen LogP) is 4.02. The predicted molar refractivity (Wildman–Crippen MR) is 90.0 cm³/mol. The number of hydrogen-bond acceptors (Lipinski definition) is 3. The van der Waals surface area contributed by atoms with Crippen molar-refractivity contribution in [1.29, 1.82) is 0 Å². The molecule has 1 amide bonds. The zero-order valence-corrected chi connectivity index (χ0v) is 13.1. The minimum Gasteiger partial charge on any atom is -0.342 e. The van der Waals surface area contributed by atoms with Crippen molar-refractivity contribution >= 4 is 22.9 Å². The first-order chi connectivity index (χ1) is 10.7. The first-order valence-corrected chi connectivity index (χ1v) is 8.03. The Morgan fingerprint density at radius 1 is 1.32 bits per heavy atom. The standard InChI is InChI=1S/C17H17N3OS/c1-12-18-11-16(19-12)13-4-2-5-14(10-13)20-17(21)8-7-15-6-3-9-22-15/h2-6,9-11H,7-8H2,1H3,(H,18,19)(H,20,21). The van der Waals surface area contributed by atoms with E-state index in [1.165, 1.54) is 4.88 Å². The lowest BCUT2D eigenvalue weighted by molar-refractivity contribution is -0.116. The molecule has 0 saturated carbocycles. The molecule has 4 nitrogen and oxygen atoms in total. The summed E-state index contributed by atoms with van der Waals surface area (Å²) < 4.78 is 0. The van der Waals surface area contributed by atoms with Crippen molar-refractivity contribution in [3.63, 3.8) is 0 Å². The van der Waals surface area contributed by atoms with E-state index in [0.717, 1.165) is 29.2 Å². The van der Waals surface area contributed by atoms with Crippen LogP contribution in [0.5, 0.6) is 0 Å². The molecular formula is C17H17N3OS. The summed E-state index contributed by atoms with van der Waals surface area (Å²) in [5, 5.41) is 4.98. The molecule has 0 aliphatic carbocycles. The number of amides is 1. The summed E-state index contributed by atoms with van der Waals surface area (Å²) in [5.74, 6) is 0.909. The lowest BCUT2D eigenvalue weighted by Gasteiger charge is -2.06. The number of nitrogens with zero attached hydrogens (tertiary/aromatic N) is 1. The Labute approximate surface area is 133 Å². The minimum absolute atomic E-state index is 0.0336. The molecule has 0 bridgehead atoms. The van der Waals surface area contributed by atoms with Crippen LogP contribution >= 0.6 is 11.3 Å². The first-order valence-electron chi connectivity index (χ1n) is 7.15. The second-order valence-electron chi connectivity index (χ2n) is 5.09. The summed E-state index contributed by atoms with van der Waals surface area (Å²) in [6.07, 6.45) is 3.07. The van der Waals surface area contributed by atoms with Crippen molar-refractivity contribution in [2.75, 3.05) is 5.32 Å². The van der Waals surface area contributed by atoms with E-state index in [2.05, 4.69) is 21.4 Å². The smallest absolute Gasteiger partial charge is 0.224 e. The summed E-state index contributed by atoms with van der Waals surface area (Å²) in [7, 11) is 0. The van der Waals surface area contributed by atoms with E-state index in [0.29, 0.717) is 6.42 Å². The molecule has 0 fully saturated rings. The fourth-order valence-corrected chi connectivity index (χ4v) is 2.96. The van der Waals surface area contributed by atoms with Crippen molar-refractivity contribution in [2.24, 2.45) is 0 Å². The van der Waals surface area contributed by atoms with Gasteiger partial charge in [-0.2, -0.15) is 0 Å². The van der Waals surface area contributed by atoms with Crippen LogP contribution in [0.1, 0.15) is 17.1 Å². The number of nitrogens with one attached hydrogen (secondary N) is 2. The number of imidazole rings is 1. The summed E-state index contributed by atoms with van der Waals surface area (Å²) >= 11 is 1.68. The van der Waals surface area contributed by atoms with Gasteiger partial charge in [-0.3, -0.25) is 4.79 Å². The van der Waals surface area contributed by atoms with Gasteiger partial charge in [0, 0.05) is 22.5 Å². The normalized spacial score (nSPS) is 10.6. The number of carbonyl (C=O) groups excluding carboxylic acids is 1. The monoisotopic (exact) mass is 311 g/mol. The lowest BCUT2D eigenvalue weighted by Crippen LogP contribution is -2.12. The number of rotatable bonds is 5. The molecule has 22 heavy (non-hydrogen) atoms. The molecule has 2 N–H and O–H groups in total. The van der Waals surface area contributed by atoms with Gasteiger partial charge in [0.25, 0.3) is 0 Å². The molecule has 0 unspecified atom stereocenters. The van der Waals surface area contributed by atoms with Gasteiger partial charge in [0.1, 0.15) is 5.82 Å². The van der Waals surface area contributed by atoms with E-state index >= 15 is 0 Å². The maximum Gasteiger partial charge on any atom is 0.224 e. The Kier molecular flexibility index (Phi) is 4.34. The number of aryl methyl sites for hydroxylation is 2. The van der Waals surface area contributed by atoms with Gasteiger partial charge in [0.15, 0.2) is 0 Å². The van der Waals surface area contributed by atoms with E-state index in [9.17, 15) is 4.79 Å². The fourth-order valence-electron chi connectivity index (χ4n) is 2.25. The number of aromatic nitrogens is 2. The van der Waals surface area contributed by atoms with Gasteiger partial charge >= 0.3 is 0 Å². The number of anilines is 1. The Morgan fingerprint density at radius 2 is 2.23 bits per heavy atom. The van der Waals surface area contributed by atoms with Crippen LogP contribution in [-0.2, 0) is 11.2 Å². The Morgan fingerprint density at radius 3 is 2.95 bits per heavy atom. The number of aromatic amines is 1. The van der Waals surface area contributed by atoms with Crippen molar-refractivity contribution in [1.82, 2.24) is 9.97 Å². The molecule has 0 aliphatic rings. The number of thiophene rings is 1. The molecule has 5 heteroatoms. The Balaban J connectivity index is 1.63. The fraction of sp³-hybridized carbons (Fsp3) is 0.176. The summed E-state index contributed by atoms with van der Waals surface area (Å²) in [5.41, 5.74) is 2.77. The third kappa shape index (κ3) is 3.62. The number of hydrogen-bond donors (Lipinski definition) is 2. The van der Waals surface area contributed by atoms with Crippen LogP contribution in [0.2, 0.25) is 0 Å². The second kappa shape index (κ2) is 6.58. The van der Waals surface area contributed by atoms with Crippen LogP contribution in [0, 0.1) is 6.92 Å². The minimum atomic E-state index is 0.0336. The average molecular weight is 311 g/mol. The van der Waals surface area contributed by atoms with E-state index in [1.807, 2.05) is 42.6 Å². The topological polar surface area (TPSA) is 57.8 Å². The zero-order valence-electron chi connectivity index (χ0n) is 12.3. The van der Waals surface area contributed by atoms with E-state index < -0.39 is 0 Å². The van der Waals surface area contributed by atoms with Crippen LogP contribution < -0.4 is 5.32 Å². The van der Waals surface area contributed by atoms with Gasteiger partial charge in [0.05, 0.1) is 11.9 Å². The average Bonchev–Trinajstić information content (AvgIpc) is 3.17. The third-order valence-electron chi connectivity index (χ3n) is 3.34. The van der Waals surface area contributed by atoms with E-state index in [1.54, 1.807) is 17.5 Å². The molecule has 3 rings (SSSR count). The van der Waals surface area contributed by atoms with Gasteiger partial charge in [-0.25, -0.2) is 4.98 Å². The third-order valence-corrected chi connectivity index (χ3v) is 4.27. The molecule has 0 saturated heterocycles. The molecule has 2 heterocycles. The highest BCUT2D eigenvalue weighted by Gasteiger charge is 2.06. The van der Waals surface area contributed by atoms with Crippen LogP contribution in [0.25, 0.3) is 11.3 Å². The molecule has 3 aromatic rings. The number of H-pyrrole nitrogens is 1. The maximum absolute atomic E-state index is 12.0. The highest BCUT2D eigenvalue weighted by Crippen LogP contribution is 2.21. The molecule has 2 aromatic heterocycles. The van der Waals surface area contributed by atoms with E-state index in [4.69, 9.17) is 0 Å². The Bertz CT molecular complexity index is 762. The summed E-state index contributed by atoms with van der Waals surface area (Å²) in [6, 6.07) is 11.8. The van der Waals surface area contributed by atoms with Gasteiger partial charge < -0.3 is 10.3 Å². The molecule has 0 atom stereocenters. The summed E-state index contributed by atoms with van der Waals surface area (Å²) in [6.45, 7) is 1.92. The van der Waals surface area contributed by atoms with Crippen molar-refractivity contribution in [3.05, 3.63) is 58.7 Å². The van der Waals surface area contributed by atoms with Crippen LogP contribution in [0.15, 0.2) is 48.0 Å². The SMILES string of the molecule is Cc1ncc(-c2cccc(NC(=O)CCc3cccs3)c2)[nH]1. The van der Waals surface area contributed by atoms with Gasteiger partial charge in [-0.1, -0.05) is 18.2 Å². The Hall–Kier alpha value is -2.40. The highest BCUT2D eigenvalue weighted by molar-refractivity contribution is 7.09. The number of benzene rings is 1. The lowest BCUT2D eigenvalue weighted by atomic mass is 10.1. The van der Waals surface area contributed by atoms with Gasteiger partial charge in [0.2, 0.25) is 5.91 Å². The van der Waals surface area contributed by atoms with Crippen LogP contribution in [0.3, 0.4) is 0 Å². The van der Waals surface area contributed by atoms with Crippen LogP contribution in [0.4, 0.5) is 5.69 Å². The molecule has 112 valence electrons. The van der Waals surface area contributed by atoms with Crippen molar-refractivity contribution in [2.45, 2.75) is 19.8 Å². The molecular weight excluding hydrogens is 294 g/mol. The molecule has 0 radical (unpaired) electrons.